The second kappa shape index (κ2) is 46.4. The van der Waals surface area contributed by atoms with Crippen molar-refractivity contribution in [1.82, 2.24) is 0 Å². The van der Waals surface area contributed by atoms with Crippen LogP contribution in [-0.2, 0) is 38.0 Å². The van der Waals surface area contributed by atoms with Gasteiger partial charge < -0.3 is 64.2 Å². The summed E-state index contributed by atoms with van der Waals surface area (Å²) in [7, 11) is 0. The molecule has 2 saturated heterocycles. The Morgan fingerprint density at radius 2 is 0.800 bits per heavy atom. The van der Waals surface area contributed by atoms with E-state index < -0.39 is 92.7 Å². The highest BCUT2D eigenvalue weighted by Crippen LogP contribution is 2.27. The van der Waals surface area contributed by atoms with Crippen LogP contribution in [0.3, 0.4) is 0 Å². The van der Waals surface area contributed by atoms with Crippen LogP contribution < -0.4 is 0 Å². The summed E-state index contributed by atoms with van der Waals surface area (Å²) < 4.78 is 33.7. The molecular weight excluding hydrogens is 961 g/mol. The fraction of sp³-hybridized carbons (Fsp3) is 0.833. The van der Waals surface area contributed by atoms with Crippen LogP contribution in [0.4, 0.5) is 0 Å². The largest absolute Gasteiger partial charge is 0.462 e. The second-order valence-electron chi connectivity index (χ2n) is 20.8. The third kappa shape index (κ3) is 33.5. The summed E-state index contributed by atoms with van der Waals surface area (Å²) in [6, 6.07) is 0. The number of aliphatic hydroxyl groups is 7. The normalized spacial score (nSPS) is 24.8. The van der Waals surface area contributed by atoms with Gasteiger partial charge in [0, 0.05) is 12.8 Å². The Bertz CT molecular complexity index is 1490. The van der Waals surface area contributed by atoms with Gasteiger partial charge >= 0.3 is 11.9 Å². The lowest BCUT2D eigenvalue weighted by molar-refractivity contribution is -0.332. The van der Waals surface area contributed by atoms with Gasteiger partial charge in [-0.25, -0.2) is 0 Å². The summed E-state index contributed by atoms with van der Waals surface area (Å²) in [5.74, 6) is -0.934. The van der Waals surface area contributed by atoms with Crippen LogP contribution in [-0.4, -0.2) is 142 Å². The van der Waals surface area contributed by atoms with Gasteiger partial charge in [-0.2, -0.15) is 0 Å². The zero-order valence-electron chi connectivity index (χ0n) is 46.5. The number of ether oxygens (including phenoxy) is 6. The van der Waals surface area contributed by atoms with E-state index in [0.717, 1.165) is 77.0 Å². The number of hydrogen-bond donors (Lipinski definition) is 7. The van der Waals surface area contributed by atoms with E-state index in [4.69, 9.17) is 28.4 Å². The van der Waals surface area contributed by atoms with Gasteiger partial charge in [0.2, 0.25) is 0 Å². The lowest BCUT2D eigenvalue weighted by atomic mass is 9.98. The molecule has 2 aliphatic rings. The number of hydrogen-bond acceptors (Lipinski definition) is 15. The van der Waals surface area contributed by atoms with Crippen LogP contribution in [0, 0.1) is 0 Å². The van der Waals surface area contributed by atoms with Crippen molar-refractivity contribution in [2.24, 2.45) is 0 Å². The molecule has 0 aromatic rings. The monoisotopic (exact) mass is 1070 g/mol. The lowest BCUT2D eigenvalue weighted by Crippen LogP contribution is -2.61. The van der Waals surface area contributed by atoms with Crippen LogP contribution in [0.2, 0.25) is 0 Å². The molecule has 436 valence electrons. The summed E-state index contributed by atoms with van der Waals surface area (Å²) >= 11 is 0. The molecule has 2 heterocycles. The van der Waals surface area contributed by atoms with E-state index in [2.05, 4.69) is 62.5 Å². The van der Waals surface area contributed by atoms with Crippen molar-refractivity contribution in [3.63, 3.8) is 0 Å². The van der Waals surface area contributed by atoms with Gasteiger partial charge in [0.25, 0.3) is 0 Å². The molecule has 15 nitrogen and oxygen atoms in total. The summed E-state index contributed by atoms with van der Waals surface area (Å²) in [6.07, 6.45) is 36.9. The second-order valence-corrected chi connectivity index (χ2v) is 20.8. The molecule has 75 heavy (non-hydrogen) atoms. The molecule has 7 N–H and O–H groups in total. The quantitative estimate of drug-likeness (QED) is 0.0171. The van der Waals surface area contributed by atoms with Crippen molar-refractivity contribution in [2.45, 2.75) is 293 Å². The van der Waals surface area contributed by atoms with E-state index in [0.29, 0.717) is 12.8 Å². The van der Waals surface area contributed by atoms with E-state index in [-0.39, 0.29) is 26.1 Å². The van der Waals surface area contributed by atoms with E-state index in [1.165, 1.54) is 109 Å². The standard InChI is InChI=1S/C60H106O15/c1-3-5-7-9-11-13-15-17-19-21-23-24-25-27-29-31-33-35-37-39-41-43-52(63)73-48(45-70-51(62)42-40-38-36-34-32-30-28-26-22-20-18-16-14-12-10-8-6-4-2)46-71-59-58(69)56(67)54(65)50(75-59)47-72-60-57(68)55(66)53(64)49(44-61)74-60/h14-17,20-23,48-50,53-61,64-69H,3-13,18-19,24-47H2,1-2H3/b16-14-,17-15-,22-20-,23-21-. The Morgan fingerprint density at radius 3 is 1.25 bits per heavy atom. The van der Waals surface area contributed by atoms with Crippen molar-refractivity contribution in [3.8, 4) is 0 Å². The Morgan fingerprint density at radius 1 is 0.427 bits per heavy atom. The van der Waals surface area contributed by atoms with E-state index >= 15 is 0 Å². The number of allylic oxidation sites excluding steroid dienone is 8. The van der Waals surface area contributed by atoms with E-state index in [1.807, 2.05) is 0 Å². The fourth-order valence-electron chi connectivity index (χ4n) is 9.16. The molecule has 2 fully saturated rings. The zero-order valence-corrected chi connectivity index (χ0v) is 46.5. The van der Waals surface area contributed by atoms with Crippen molar-refractivity contribution in [1.29, 1.82) is 0 Å². The highest BCUT2D eigenvalue weighted by molar-refractivity contribution is 5.70. The minimum absolute atomic E-state index is 0.158. The summed E-state index contributed by atoms with van der Waals surface area (Å²) in [5.41, 5.74) is 0. The van der Waals surface area contributed by atoms with Gasteiger partial charge in [-0.3, -0.25) is 9.59 Å². The number of aliphatic hydroxyl groups excluding tert-OH is 7. The smallest absolute Gasteiger partial charge is 0.306 e. The van der Waals surface area contributed by atoms with Crippen LogP contribution in [0.15, 0.2) is 48.6 Å². The summed E-state index contributed by atoms with van der Waals surface area (Å²) in [6.45, 7) is 2.58. The number of carbonyl (C=O) groups is 2. The Kier molecular flexibility index (Phi) is 42.4. The molecule has 0 aromatic carbocycles. The van der Waals surface area contributed by atoms with Crippen molar-refractivity contribution >= 4 is 11.9 Å². The summed E-state index contributed by atoms with van der Waals surface area (Å²) in [5, 5.41) is 72.3. The van der Waals surface area contributed by atoms with Gasteiger partial charge in [0.1, 0.15) is 55.4 Å². The van der Waals surface area contributed by atoms with E-state index in [1.54, 1.807) is 0 Å². The zero-order chi connectivity index (χ0) is 54.6. The highest BCUT2D eigenvalue weighted by Gasteiger charge is 2.47. The molecule has 0 saturated carbocycles. The number of esters is 2. The molecule has 0 aromatic heterocycles. The van der Waals surface area contributed by atoms with Crippen molar-refractivity contribution in [2.75, 3.05) is 26.4 Å². The maximum Gasteiger partial charge on any atom is 0.306 e. The van der Waals surface area contributed by atoms with Gasteiger partial charge in [-0.15, -0.1) is 0 Å². The molecule has 2 rings (SSSR count). The molecule has 11 atom stereocenters. The minimum Gasteiger partial charge on any atom is -0.462 e. The Balaban J connectivity index is 1.75. The molecular formula is C60H106O15. The lowest BCUT2D eigenvalue weighted by Gasteiger charge is -2.42. The summed E-state index contributed by atoms with van der Waals surface area (Å²) in [4.78, 5) is 25.9. The molecule has 0 radical (unpaired) electrons. The number of unbranched alkanes of at least 4 members (excludes halogenated alkanes) is 25. The first-order valence-electron chi connectivity index (χ1n) is 29.7. The van der Waals surface area contributed by atoms with Gasteiger partial charge in [0.15, 0.2) is 18.7 Å². The van der Waals surface area contributed by atoms with Crippen LogP contribution in [0.1, 0.15) is 226 Å². The number of rotatable bonds is 47. The first-order chi connectivity index (χ1) is 36.5. The van der Waals surface area contributed by atoms with Crippen LogP contribution in [0.25, 0.3) is 0 Å². The predicted molar refractivity (Wildman–Crippen MR) is 293 cm³/mol. The first-order valence-corrected chi connectivity index (χ1v) is 29.7. The van der Waals surface area contributed by atoms with Gasteiger partial charge in [-0.05, 0) is 77.0 Å². The average Bonchev–Trinajstić information content (AvgIpc) is 3.40. The average molecular weight is 1070 g/mol. The fourth-order valence-corrected chi connectivity index (χ4v) is 9.16. The third-order valence-corrected chi connectivity index (χ3v) is 14.0. The maximum absolute atomic E-state index is 13.1. The molecule has 0 bridgehead atoms. The molecule has 11 unspecified atom stereocenters. The Hall–Kier alpha value is -2.54. The molecule has 0 aliphatic carbocycles. The minimum atomic E-state index is -1.77. The SMILES string of the molecule is CCCCCC/C=C\C/C=C\CCCCCCCCCC(=O)OCC(COC1OC(COC2OC(CO)C(O)C(O)C2O)C(O)C(O)C1O)OC(=O)CCCCCCCCCCC/C=C\C/C=C\CCCCCCC. The third-order valence-electron chi connectivity index (χ3n) is 14.0. The van der Waals surface area contributed by atoms with Crippen LogP contribution in [0.5, 0.6) is 0 Å². The molecule has 0 spiro atoms. The molecule has 0 amide bonds. The number of carbonyl (C=O) groups excluding carboxylic acids is 2. The van der Waals surface area contributed by atoms with Crippen LogP contribution >= 0.6 is 0 Å². The maximum atomic E-state index is 13.1. The predicted octanol–water partition coefficient (Wildman–Crippen LogP) is 10.2. The van der Waals surface area contributed by atoms with Crippen molar-refractivity contribution in [3.05, 3.63) is 48.6 Å². The van der Waals surface area contributed by atoms with Gasteiger partial charge in [0.05, 0.1) is 19.8 Å². The topological polar surface area (TPSA) is 231 Å². The van der Waals surface area contributed by atoms with E-state index in [9.17, 15) is 45.3 Å². The van der Waals surface area contributed by atoms with Crippen molar-refractivity contribution < 1.29 is 73.8 Å². The highest BCUT2D eigenvalue weighted by atomic mass is 16.7. The first kappa shape index (κ1) is 68.6. The Labute approximate surface area is 452 Å². The molecule has 2 aliphatic heterocycles. The van der Waals surface area contributed by atoms with Gasteiger partial charge in [-0.1, -0.05) is 184 Å². The molecule has 15 heteroatoms.